The van der Waals surface area contributed by atoms with E-state index in [-0.39, 0.29) is 17.8 Å². The van der Waals surface area contributed by atoms with Crippen molar-refractivity contribution in [1.29, 1.82) is 0 Å². The molecule has 0 aliphatic heterocycles. The molecule has 0 amide bonds. The molecule has 3 N–H and O–H groups in total. The summed E-state index contributed by atoms with van der Waals surface area (Å²) in [6.45, 7) is 3.40. The van der Waals surface area contributed by atoms with E-state index in [0.29, 0.717) is 5.95 Å². The zero-order chi connectivity index (χ0) is 15.2. The highest BCUT2D eigenvalue weighted by Crippen LogP contribution is 2.15. The van der Waals surface area contributed by atoms with Crippen LogP contribution in [0.3, 0.4) is 0 Å². The molecule has 0 aliphatic rings. The number of aryl methyl sites for hydroxylation is 1. The number of halogens is 1. The largest absolute Gasteiger partial charge is 0.368 e. The number of nitrogens with zero attached hydrogens (tertiary/aromatic N) is 3. The normalized spacial score (nSPS) is 13.7. The third-order valence-corrected chi connectivity index (χ3v) is 3.11. The molecule has 1 aromatic heterocycles. The molecule has 0 saturated carbocycles. The lowest BCUT2D eigenvalue weighted by Gasteiger charge is -2.14. The van der Waals surface area contributed by atoms with Gasteiger partial charge in [0.25, 0.3) is 0 Å². The third-order valence-electron chi connectivity index (χ3n) is 3.11. The predicted octanol–water partition coefficient (Wildman–Crippen LogP) is 2.92. The summed E-state index contributed by atoms with van der Waals surface area (Å²) in [7, 11) is 0. The number of anilines is 2. The Balaban J connectivity index is 1.94. The van der Waals surface area contributed by atoms with Gasteiger partial charge in [-0.25, -0.2) is 4.39 Å². The summed E-state index contributed by atoms with van der Waals surface area (Å²) >= 11 is 0. The Morgan fingerprint density at radius 1 is 1.14 bits per heavy atom. The molecule has 1 unspecified atom stereocenters. The molecule has 5 nitrogen and oxygen atoms in total. The van der Waals surface area contributed by atoms with Gasteiger partial charge in [-0.15, -0.1) is 0 Å². The molecule has 0 radical (unpaired) electrons. The van der Waals surface area contributed by atoms with Crippen molar-refractivity contribution in [2.24, 2.45) is 0 Å². The number of nitrogens with one attached hydrogen (secondary N) is 1. The van der Waals surface area contributed by atoms with Crippen LogP contribution >= 0.6 is 0 Å². The number of aromatic nitrogens is 3. The summed E-state index contributed by atoms with van der Waals surface area (Å²) in [5.74, 6) is 0.407. The molecule has 2 rings (SSSR count). The SMILES string of the molecule is CC(CCc1ccccc1)Nc1nc(N)nc([C@@H](C)F)n1. The van der Waals surface area contributed by atoms with E-state index in [2.05, 4.69) is 32.4 Å². The number of hydrogen-bond donors (Lipinski definition) is 2. The molecule has 0 bridgehead atoms. The molecule has 21 heavy (non-hydrogen) atoms. The van der Waals surface area contributed by atoms with Crippen LogP contribution < -0.4 is 11.1 Å². The lowest BCUT2D eigenvalue weighted by Crippen LogP contribution is -2.19. The van der Waals surface area contributed by atoms with Crippen LogP contribution in [-0.2, 0) is 6.42 Å². The number of nitrogens with two attached hydrogens (primary N) is 1. The minimum absolute atomic E-state index is 0.0299. The molecular weight excluding hydrogens is 269 g/mol. The molecule has 0 aliphatic carbocycles. The quantitative estimate of drug-likeness (QED) is 0.855. The van der Waals surface area contributed by atoms with E-state index in [0.717, 1.165) is 12.8 Å². The zero-order valence-corrected chi connectivity index (χ0v) is 12.3. The minimum atomic E-state index is -1.27. The zero-order valence-electron chi connectivity index (χ0n) is 12.3. The van der Waals surface area contributed by atoms with Gasteiger partial charge >= 0.3 is 0 Å². The molecule has 0 spiro atoms. The van der Waals surface area contributed by atoms with Gasteiger partial charge in [-0.3, -0.25) is 0 Å². The van der Waals surface area contributed by atoms with Gasteiger partial charge in [0, 0.05) is 6.04 Å². The number of alkyl halides is 1. The molecule has 0 saturated heterocycles. The fraction of sp³-hybridized carbons (Fsp3) is 0.400. The first kappa shape index (κ1) is 15.2. The van der Waals surface area contributed by atoms with Crippen molar-refractivity contribution in [1.82, 2.24) is 15.0 Å². The smallest absolute Gasteiger partial charge is 0.228 e. The summed E-state index contributed by atoms with van der Waals surface area (Å²) in [6.07, 6.45) is 0.591. The van der Waals surface area contributed by atoms with Crippen LogP contribution in [-0.4, -0.2) is 21.0 Å². The lowest BCUT2D eigenvalue weighted by atomic mass is 10.1. The van der Waals surface area contributed by atoms with E-state index in [4.69, 9.17) is 5.73 Å². The molecular formula is C15H20FN5. The van der Waals surface area contributed by atoms with Gasteiger partial charge < -0.3 is 11.1 Å². The molecule has 2 aromatic rings. The van der Waals surface area contributed by atoms with Gasteiger partial charge in [0.15, 0.2) is 12.0 Å². The van der Waals surface area contributed by atoms with Crippen LogP contribution in [0.25, 0.3) is 0 Å². The van der Waals surface area contributed by atoms with Gasteiger partial charge in [-0.1, -0.05) is 30.3 Å². The van der Waals surface area contributed by atoms with Crippen molar-refractivity contribution in [3.05, 3.63) is 41.7 Å². The molecule has 1 heterocycles. The average molecular weight is 289 g/mol. The summed E-state index contributed by atoms with van der Waals surface area (Å²) in [5, 5.41) is 3.14. The van der Waals surface area contributed by atoms with Gasteiger partial charge in [0.2, 0.25) is 11.9 Å². The van der Waals surface area contributed by atoms with Crippen molar-refractivity contribution in [3.8, 4) is 0 Å². The Morgan fingerprint density at radius 2 is 1.86 bits per heavy atom. The first-order valence-electron chi connectivity index (χ1n) is 7.00. The number of nitrogen functional groups attached to an aromatic ring is 1. The Kier molecular flexibility index (Phi) is 5.03. The highest BCUT2D eigenvalue weighted by Gasteiger charge is 2.12. The Bertz CT molecular complexity index is 574. The Morgan fingerprint density at radius 3 is 2.52 bits per heavy atom. The van der Waals surface area contributed by atoms with E-state index in [1.165, 1.54) is 12.5 Å². The number of rotatable bonds is 6. The van der Waals surface area contributed by atoms with Crippen molar-refractivity contribution in [2.45, 2.75) is 38.9 Å². The summed E-state index contributed by atoms with van der Waals surface area (Å²) in [5.41, 5.74) is 6.85. The second-order valence-electron chi connectivity index (χ2n) is 5.06. The van der Waals surface area contributed by atoms with Crippen LogP contribution in [0.15, 0.2) is 30.3 Å². The van der Waals surface area contributed by atoms with Gasteiger partial charge in [-0.2, -0.15) is 15.0 Å². The maximum Gasteiger partial charge on any atom is 0.228 e. The van der Waals surface area contributed by atoms with Crippen LogP contribution in [0.5, 0.6) is 0 Å². The van der Waals surface area contributed by atoms with Crippen molar-refractivity contribution >= 4 is 11.9 Å². The highest BCUT2D eigenvalue weighted by atomic mass is 19.1. The van der Waals surface area contributed by atoms with Gasteiger partial charge in [0.05, 0.1) is 0 Å². The van der Waals surface area contributed by atoms with Gasteiger partial charge in [0.1, 0.15) is 0 Å². The maximum absolute atomic E-state index is 13.3. The third kappa shape index (κ3) is 4.66. The summed E-state index contributed by atoms with van der Waals surface area (Å²) in [4.78, 5) is 11.8. The van der Waals surface area contributed by atoms with E-state index < -0.39 is 6.17 Å². The van der Waals surface area contributed by atoms with Crippen molar-refractivity contribution in [3.63, 3.8) is 0 Å². The van der Waals surface area contributed by atoms with Crippen molar-refractivity contribution < 1.29 is 4.39 Å². The average Bonchev–Trinajstić information content (AvgIpc) is 2.45. The number of benzene rings is 1. The van der Waals surface area contributed by atoms with Gasteiger partial charge in [-0.05, 0) is 32.3 Å². The van der Waals surface area contributed by atoms with Crippen molar-refractivity contribution in [2.75, 3.05) is 11.1 Å². The highest BCUT2D eigenvalue weighted by molar-refractivity contribution is 5.32. The van der Waals surface area contributed by atoms with Crippen LogP contribution in [0, 0.1) is 0 Å². The van der Waals surface area contributed by atoms with E-state index in [1.54, 1.807) is 0 Å². The van der Waals surface area contributed by atoms with Crippen LogP contribution in [0.2, 0.25) is 0 Å². The Labute approximate surface area is 123 Å². The monoisotopic (exact) mass is 289 g/mol. The lowest BCUT2D eigenvalue weighted by molar-refractivity contribution is 0.356. The first-order valence-corrected chi connectivity index (χ1v) is 7.00. The van der Waals surface area contributed by atoms with Crippen LogP contribution in [0.1, 0.15) is 37.8 Å². The van der Waals surface area contributed by atoms with E-state index in [1.807, 2.05) is 25.1 Å². The minimum Gasteiger partial charge on any atom is -0.368 e. The number of hydrogen-bond acceptors (Lipinski definition) is 5. The Hall–Kier alpha value is -2.24. The summed E-state index contributed by atoms with van der Waals surface area (Å²) < 4.78 is 13.3. The van der Waals surface area contributed by atoms with E-state index in [9.17, 15) is 4.39 Å². The second kappa shape index (κ2) is 6.97. The molecule has 0 fully saturated rings. The first-order chi connectivity index (χ1) is 10.0. The topological polar surface area (TPSA) is 76.7 Å². The van der Waals surface area contributed by atoms with E-state index >= 15 is 0 Å². The maximum atomic E-state index is 13.3. The molecule has 1 aromatic carbocycles. The predicted molar refractivity (Wildman–Crippen MR) is 81.6 cm³/mol. The molecule has 112 valence electrons. The molecule has 2 atom stereocenters. The summed E-state index contributed by atoms with van der Waals surface area (Å²) in [6, 6.07) is 10.4. The fourth-order valence-electron chi connectivity index (χ4n) is 1.97. The van der Waals surface area contributed by atoms with Crippen LogP contribution in [0.4, 0.5) is 16.3 Å². The standard InChI is InChI=1S/C15H20FN5/c1-10(8-9-12-6-4-3-5-7-12)18-15-20-13(11(2)16)19-14(17)21-15/h3-7,10-11H,8-9H2,1-2H3,(H3,17,18,19,20,21)/t10?,11-/m1/s1. The fourth-order valence-corrected chi connectivity index (χ4v) is 1.97. The second-order valence-corrected chi connectivity index (χ2v) is 5.06. The molecule has 6 heteroatoms.